The molecule has 1 heterocycles. The molecule has 0 bridgehead atoms. The molecule has 18 heavy (non-hydrogen) atoms. The van der Waals surface area contributed by atoms with Crippen molar-refractivity contribution >= 4 is 33.2 Å². The molecule has 0 radical (unpaired) electrons. The number of halogens is 2. The molecule has 1 aromatic heterocycles. The lowest BCUT2D eigenvalue weighted by molar-refractivity contribution is 0.0701. The van der Waals surface area contributed by atoms with E-state index in [4.69, 9.17) is 9.84 Å². The van der Waals surface area contributed by atoms with Gasteiger partial charge in [-0.2, -0.15) is 0 Å². The van der Waals surface area contributed by atoms with Gasteiger partial charge in [0.1, 0.15) is 14.5 Å². The lowest BCUT2D eigenvalue weighted by Gasteiger charge is -2.02. The first-order valence-electron chi connectivity index (χ1n) is 4.76. The number of benzene rings is 1. The van der Waals surface area contributed by atoms with Crippen molar-refractivity contribution in [2.75, 3.05) is 7.11 Å². The largest absolute Gasteiger partial charge is 0.494 e. The molecule has 1 N–H and O–H groups in total. The normalized spacial score (nSPS) is 10.4. The molecule has 0 aliphatic rings. The fourth-order valence-electron chi connectivity index (χ4n) is 1.36. The van der Waals surface area contributed by atoms with Crippen molar-refractivity contribution in [2.24, 2.45) is 0 Å². The van der Waals surface area contributed by atoms with Crippen LogP contribution in [-0.2, 0) is 0 Å². The highest BCUT2D eigenvalue weighted by molar-refractivity contribution is 9.10. The van der Waals surface area contributed by atoms with Gasteiger partial charge in [-0.3, -0.25) is 0 Å². The highest BCUT2D eigenvalue weighted by Crippen LogP contribution is 2.32. The van der Waals surface area contributed by atoms with E-state index in [1.165, 1.54) is 19.2 Å². The minimum absolute atomic E-state index is 0.0845. The van der Waals surface area contributed by atoms with Crippen molar-refractivity contribution in [3.8, 4) is 16.3 Å². The molecular weight excluding hydrogens is 325 g/mol. The maximum absolute atomic E-state index is 13.5. The zero-order valence-electron chi connectivity index (χ0n) is 9.11. The molecule has 94 valence electrons. The van der Waals surface area contributed by atoms with Gasteiger partial charge in [0.2, 0.25) is 0 Å². The molecule has 0 aliphatic carbocycles. The number of carboxylic acid groups (broad SMARTS) is 1. The third kappa shape index (κ3) is 2.37. The molecule has 7 heteroatoms. The number of methoxy groups -OCH3 is 1. The van der Waals surface area contributed by atoms with E-state index in [9.17, 15) is 9.18 Å². The number of ether oxygens (including phenoxy) is 1. The van der Waals surface area contributed by atoms with Crippen LogP contribution in [0.25, 0.3) is 10.6 Å². The maximum Gasteiger partial charge on any atom is 0.348 e. The minimum atomic E-state index is -1.07. The van der Waals surface area contributed by atoms with Gasteiger partial charge < -0.3 is 9.84 Å². The number of aromatic carboxylic acids is 1. The number of thiazole rings is 1. The van der Waals surface area contributed by atoms with Gasteiger partial charge in [-0.1, -0.05) is 0 Å². The summed E-state index contributed by atoms with van der Waals surface area (Å²) >= 11 is 4.04. The Hall–Kier alpha value is -1.47. The third-order valence-corrected chi connectivity index (χ3v) is 4.11. The number of carbonyl (C=O) groups is 1. The summed E-state index contributed by atoms with van der Waals surface area (Å²) < 4.78 is 18.6. The Morgan fingerprint density at radius 1 is 1.56 bits per heavy atom. The number of carboxylic acids is 1. The summed E-state index contributed by atoms with van der Waals surface area (Å²) in [6, 6.07) is 4.36. The number of hydrogen-bond acceptors (Lipinski definition) is 4. The molecule has 0 fully saturated rings. The fourth-order valence-corrected chi connectivity index (χ4v) is 2.86. The second-order valence-corrected chi connectivity index (χ2v) is 5.04. The first-order chi connectivity index (χ1) is 8.52. The zero-order chi connectivity index (χ0) is 13.3. The van der Waals surface area contributed by atoms with Crippen molar-refractivity contribution < 1.29 is 19.0 Å². The van der Waals surface area contributed by atoms with Gasteiger partial charge in [-0.15, -0.1) is 11.3 Å². The zero-order valence-corrected chi connectivity index (χ0v) is 11.5. The summed E-state index contributed by atoms with van der Waals surface area (Å²) in [4.78, 5) is 15.0. The van der Waals surface area contributed by atoms with Gasteiger partial charge in [0.15, 0.2) is 11.6 Å². The summed E-state index contributed by atoms with van der Waals surface area (Å²) in [5.74, 6) is -1.45. The molecule has 2 rings (SSSR count). The fraction of sp³-hybridized carbons (Fsp3) is 0.0909. The van der Waals surface area contributed by atoms with E-state index in [1.54, 1.807) is 6.07 Å². The summed E-state index contributed by atoms with van der Waals surface area (Å²) in [6.45, 7) is 0. The van der Waals surface area contributed by atoms with E-state index < -0.39 is 11.8 Å². The third-order valence-electron chi connectivity index (χ3n) is 2.18. The van der Waals surface area contributed by atoms with Gasteiger partial charge in [-0.05, 0) is 34.1 Å². The SMILES string of the molecule is COc1ccc(-c2nc(Br)c(C(=O)O)s2)cc1F. The topological polar surface area (TPSA) is 59.4 Å². The second-order valence-electron chi connectivity index (χ2n) is 3.29. The smallest absolute Gasteiger partial charge is 0.348 e. The van der Waals surface area contributed by atoms with Crippen LogP contribution in [0.3, 0.4) is 0 Å². The molecule has 2 aromatic rings. The van der Waals surface area contributed by atoms with Crippen molar-refractivity contribution in [3.63, 3.8) is 0 Å². The van der Waals surface area contributed by atoms with E-state index in [2.05, 4.69) is 20.9 Å². The molecular formula is C11H7BrFNO3S. The van der Waals surface area contributed by atoms with Gasteiger partial charge in [0.25, 0.3) is 0 Å². The number of nitrogens with zero attached hydrogens (tertiary/aromatic N) is 1. The molecule has 0 saturated heterocycles. The first-order valence-corrected chi connectivity index (χ1v) is 6.37. The Morgan fingerprint density at radius 2 is 2.28 bits per heavy atom. The predicted molar refractivity (Wildman–Crippen MR) is 68.7 cm³/mol. The second kappa shape index (κ2) is 5.03. The summed E-state index contributed by atoms with van der Waals surface area (Å²) in [5.41, 5.74) is 0.506. The monoisotopic (exact) mass is 331 g/mol. The van der Waals surface area contributed by atoms with Gasteiger partial charge in [0, 0.05) is 5.56 Å². The van der Waals surface area contributed by atoms with Crippen LogP contribution in [0.1, 0.15) is 9.67 Å². The summed E-state index contributed by atoms with van der Waals surface area (Å²) in [5, 5.41) is 9.34. The highest BCUT2D eigenvalue weighted by Gasteiger charge is 2.17. The van der Waals surface area contributed by atoms with Gasteiger partial charge in [-0.25, -0.2) is 14.2 Å². The molecule has 1 aromatic carbocycles. The molecule has 0 amide bonds. The molecule has 0 spiro atoms. The summed E-state index contributed by atoms with van der Waals surface area (Å²) in [6.07, 6.45) is 0. The Bertz CT molecular complexity index is 614. The van der Waals surface area contributed by atoms with Crippen molar-refractivity contribution in [2.45, 2.75) is 0 Å². The van der Waals surface area contributed by atoms with Crippen LogP contribution >= 0.6 is 27.3 Å². The van der Waals surface area contributed by atoms with Crippen LogP contribution < -0.4 is 4.74 Å². The number of aromatic nitrogens is 1. The molecule has 0 saturated carbocycles. The maximum atomic E-state index is 13.5. The molecule has 0 aliphatic heterocycles. The molecule has 0 unspecified atom stereocenters. The quantitative estimate of drug-likeness (QED) is 0.936. The van der Waals surface area contributed by atoms with E-state index in [1.807, 2.05) is 0 Å². The van der Waals surface area contributed by atoms with Gasteiger partial charge in [0.05, 0.1) is 7.11 Å². The van der Waals surface area contributed by atoms with E-state index in [0.717, 1.165) is 11.3 Å². The van der Waals surface area contributed by atoms with Crippen LogP contribution in [-0.4, -0.2) is 23.2 Å². The van der Waals surface area contributed by atoms with E-state index >= 15 is 0 Å². The minimum Gasteiger partial charge on any atom is -0.494 e. The average molecular weight is 332 g/mol. The lowest BCUT2D eigenvalue weighted by atomic mass is 10.2. The van der Waals surface area contributed by atoms with Crippen LogP contribution in [0.5, 0.6) is 5.75 Å². The Kier molecular flexibility index (Phi) is 3.63. The van der Waals surface area contributed by atoms with Crippen LogP contribution in [0.2, 0.25) is 0 Å². The van der Waals surface area contributed by atoms with Crippen LogP contribution in [0.4, 0.5) is 4.39 Å². The van der Waals surface area contributed by atoms with E-state index in [0.29, 0.717) is 10.6 Å². The standard InChI is InChI=1S/C11H7BrFNO3S/c1-17-7-3-2-5(4-6(7)13)10-14-9(12)8(18-10)11(15)16/h2-4H,1H3,(H,15,16). The first kappa shape index (κ1) is 13.0. The van der Waals surface area contributed by atoms with Crippen molar-refractivity contribution in [3.05, 3.63) is 33.5 Å². The van der Waals surface area contributed by atoms with Gasteiger partial charge >= 0.3 is 5.97 Å². The van der Waals surface area contributed by atoms with Crippen LogP contribution in [0, 0.1) is 5.82 Å². The Morgan fingerprint density at radius 3 is 2.78 bits per heavy atom. The van der Waals surface area contributed by atoms with Crippen LogP contribution in [0.15, 0.2) is 22.8 Å². The number of rotatable bonds is 3. The van der Waals surface area contributed by atoms with Crippen molar-refractivity contribution in [1.82, 2.24) is 4.98 Å². The Balaban J connectivity index is 2.46. The van der Waals surface area contributed by atoms with E-state index in [-0.39, 0.29) is 15.2 Å². The summed E-state index contributed by atoms with van der Waals surface area (Å²) in [7, 11) is 1.38. The van der Waals surface area contributed by atoms with Crippen molar-refractivity contribution in [1.29, 1.82) is 0 Å². The lowest BCUT2D eigenvalue weighted by Crippen LogP contribution is -1.91. The Labute approximate surface area is 114 Å². The average Bonchev–Trinajstić information content (AvgIpc) is 2.71. The highest BCUT2D eigenvalue weighted by atomic mass is 79.9. The predicted octanol–water partition coefficient (Wildman–Crippen LogP) is 3.42. The molecule has 4 nitrogen and oxygen atoms in total. The molecule has 0 atom stereocenters. The number of hydrogen-bond donors (Lipinski definition) is 1.